The molecule has 4 heterocycles. The SMILES string of the molecule is O=c1sc2ccccc2n1C1CCN(CC[C@H]2CCCN2S(=O)(=O)c2ccc3cn[nH]c3c2)CC1. The van der Waals surface area contributed by atoms with Gasteiger partial charge in [0.2, 0.25) is 10.0 Å². The highest BCUT2D eigenvalue weighted by molar-refractivity contribution is 7.89. The fraction of sp³-hybridized carbons (Fsp3) is 0.440. The number of benzene rings is 2. The van der Waals surface area contributed by atoms with Gasteiger partial charge in [0, 0.05) is 37.1 Å². The normalized spacial score (nSPS) is 20.9. The number of fused-ring (bicyclic) bond motifs is 2. The van der Waals surface area contributed by atoms with Crippen LogP contribution in [0.5, 0.6) is 0 Å². The molecule has 0 unspecified atom stereocenters. The first-order valence-electron chi connectivity index (χ1n) is 12.3. The summed E-state index contributed by atoms with van der Waals surface area (Å²) < 4.78 is 31.6. The lowest BCUT2D eigenvalue weighted by atomic mass is 10.0. The largest absolute Gasteiger partial charge is 0.308 e. The summed E-state index contributed by atoms with van der Waals surface area (Å²) in [5, 5.41) is 7.78. The molecule has 184 valence electrons. The molecular formula is C25H29N5O3S2. The Morgan fingerprint density at radius 2 is 1.89 bits per heavy atom. The molecule has 2 aromatic heterocycles. The van der Waals surface area contributed by atoms with Crippen LogP contribution >= 0.6 is 11.3 Å². The number of likely N-dealkylation sites (tertiary alicyclic amines) is 1. The number of sulfonamides is 1. The van der Waals surface area contributed by atoms with Crippen LogP contribution in [0.2, 0.25) is 0 Å². The van der Waals surface area contributed by atoms with Crippen molar-refractivity contribution in [2.45, 2.75) is 49.1 Å². The topological polar surface area (TPSA) is 91.3 Å². The van der Waals surface area contributed by atoms with E-state index in [0.29, 0.717) is 11.4 Å². The highest BCUT2D eigenvalue weighted by Gasteiger charge is 2.35. The van der Waals surface area contributed by atoms with E-state index in [2.05, 4.69) is 15.1 Å². The van der Waals surface area contributed by atoms with E-state index in [1.54, 1.807) is 22.6 Å². The summed E-state index contributed by atoms with van der Waals surface area (Å²) in [4.78, 5) is 15.5. The van der Waals surface area contributed by atoms with Crippen molar-refractivity contribution in [3.05, 3.63) is 58.3 Å². The van der Waals surface area contributed by atoms with Gasteiger partial charge in [0.25, 0.3) is 0 Å². The van der Waals surface area contributed by atoms with Gasteiger partial charge in [-0.2, -0.15) is 9.40 Å². The molecule has 2 fully saturated rings. The van der Waals surface area contributed by atoms with Gasteiger partial charge in [-0.05, 0) is 69.0 Å². The molecule has 8 nitrogen and oxygen atoms in total. The first kappa shape index (κ1) is 22.9. The van der Waals surface area contributed by atoms with Crippen molar-refractivity contribution < 1.29 is 8.42 Å². The number of nitrogens with one attached hydrogen (secondary N) is 1. The van der Waals surface area contributed by atoms with Crippen LogP contribution in [0.3, 0.4) is 0 Å². The van der Waals surface area contributed by atoms with Gasteiger partial charge in [-0.3, -0.25) is 14.5 Å². The van der Waals surface area contributed by atoms with E-state index in [4.69, 9.17) is 0 Å². The molecule has 2 saturated heterocycles. The van der Waals surface area contributed by atoms with Gasteiger partial charge in [-0.15, -0.1) is 0 Å². The van der Waals surface area contributed by atoms with E-state index >= 15 is 0 Å². The Morgan fingerprint density at radius 3 is 2.74 bits per heavy atom. The lowest BCUT2D eigenvalue weighted by Gasteiger charge is -2.34. The molecule has 0 spiro atoms. The highest BCUT2D eigenvalue weighted by Crippen LogP contribution is 2.31. The molecule has 4 aromatic rings. The molecule has 6 rings (SSSR count). The predicted molar refractivity (Wildman–Crippen MR) is 138 cm³/mol. The average Bonchev–Trinajstić information content (AvgIpc) is 3.60. The van der Waals surface area contributed by atoms with Gasteiger partial charge in [0.05, 0.1) is 26.8 Å². The van der Waals surface area contributed by atoms with Gasteiger partial charge in [0.1, 0.15) is 0 Å². The molecule has 0 amide bonds. The Hall–Kier alpha value is -2.53. The quantitative estimate of drug-likeness (QED) is 0.425. The van der Waals surface area contributed by atoms with Crippen LogP contribution < -0.4 is 4.87 Å². The summed E-state index contributed by atoms with van der Waals surface area (Å²) in [5.41, 5.74) is 1.78. The molecule has 0 aliphatic carbocycles. The summed E-state index contributed by atoms with van der Waals surface area (Å²) in [5.74, 6) is 0. The zero-order valence-corrected chi connectivity index (χ0v) is 21.1. The van der Waals surface area contributed by atoms with Crippen LogP contribution in [0.1, 0.15) is 38.1 Å². The first-order chi connectivity index (χ1) is 17.0. The van der Waals surface area contributed by atoms with Crippen molar-refractivity contribution in [2.75, 3.05) is 26.2 Å². The smallest absolute Gasteiger partial charge is 0.303 e. The second-order valence-electron chi connectivity index (χ2n) is 9.60. The van der Waals surface area contributed by atoms with Crippen LogP contribution in [0.4, 0.5) is 0 Å². The van der Waals surface area contributed by atoms with E-state index in [1.165, 1.54) is 11.3 Å². The minimum atomic E-state index is -3.54. The van der Waals surface area contributed by atoms with Crippen molar-refractivity contribution in [1.82, 2.24) is 24.0 Å². The third-order valence-corrected chi connectivity index (χ3v) is 10.4. The lowest BCUT2D eigenvalue weighted by Crippen LogP contribution is -2.41. The van der Waals surface area contributed by atoms with Crippen molar-refractivity contribution >= 4 is 42.5 Å². The van der Waals surface area contributed by atoms with E-state index in [0.717, 1.165) is 72.9 Å². The van der Waals surface area contributed by atoms with Crippen molar-refractivity contribution in [2.24, 2.45) is 0 Å². The summed E-state index contributed by atoms with van der Waals surface area (Å²) in [6.07, 6.45) is 6.21. The summed E-state index contributed by atoms with van der Waals surface area (Å²) in [6, 6.07) is 13.5. The Bertz CT molecular complexity index is 1510. The molecule has 0 saturated carbocycles. The average molecular weight is 512 g/mol. The predicted octanol–water partition coefficient (Wildman–Crippen LogP) is 3.82. The minimum Gasteiger partial charge on any atom is -0.303 e. The Labute approximate surface area is 208 Å². The monoisotopic (exact) mass is 511 g/mol. The number of aromatic nitrogens is 3. The molecule has 2 aromatic carbocycles. The number of hydrogen-bond acceptors (Lipinski definition) is 6. The van der Waals surface area contributed by atoms with Gasteiger partial charge in [-0.1, -0.05) is 23.5 Å². The molecule has 10 heteroatoms. The van der Waals surface area contributed by atoms with Crippen LogP contribution in [0.25, 0.3) is 21.1 Å². The standard InChI is InChI=1S/C25H29N5O3S2/c31-25-30(23-5-1-2-6-24(23)34-25)20-10-14-28(15-11-20)13-9-19-4-3-12-29(19)35(32,33)21-8-7-18-17-26-27-22(18)16-21/h1-2,5-8,16-17,19-20H,3-4,9-15H2,(H,26,27)/t19-/m1/s1. The molecule has 0 radical (unpaired) electrons. The van der Waals surface area contributed by atoms with E-state index < -0.39 is 10.0 Å². The molecule has 0 bridgehead atoms. The lowest BCUT2D eigenvalue weighted by molar-refractivity contribution is 0.175. The maximum absolute atomic E-state index is 13.4. The number of aromatic amines is 1. The molecule has 2 aliphatic rings. The van der Waals surface area contributed by atoms with Crippen molar-refractivity contribution in [3.8, 4) is 0 Å². The third kappa shape index (κ3) is 4.22. The third-order valence-electron chi connectivity index (χ3n) is 7.56. The van der Waals surface area contributed by atoms with Gasteiger partial charge in [-0.25, -0.2) is 8.42 Å². The molecular weight excluding hydrogens is 482 g/mol. The van der Waals surface area contributed by atoms with Crippen molar-refractivity contribution in [3.63, 3.8) is 0 Å². The number of rotatable bonds is 6. The Kier molecular flexibility index (Phi) is 6.00. The Balaban J connectivity index is 1.09. The summed E-state index contributed by atoms with van der Waals surface area (Å²) in [6.45, 7) is 3.31. The number of piperidine rings is 1. The van der Waals surface area contributed by atoms with Crippen LogP contribution in [-0.2, 0) is 10.0 Å². The molecule has 35 heavy (non-hydrogen) atoms. The molecule has 2 aliphatic heterocycles. The van der Waals surface area contributed by atoms with E-state index in [1.807, 2.05) is 34.9 Å². The summed E-state index contributed by atoms with van der Waals surface area (Å²) >= 11 is 1.33. The number of nitrogens with zero attached hydrogens (tertiary/aromatic N) is 4. The van der Waals surface area contributed by atoms with Crippen LogP contribution in [-0.4, -0.2) is 64.6 Å². The van der Waals surface area contributed by atoms with E-state index in [-0.39, 0.29) is 17.0 Å². The fourth-order valence-corrected chi connectivity index (χ4v) is 8.39. The zero-order chi connectivity index (χ0) is 24.0. The molecule has 1 N–H and O–H groups in total. The van der Waals surface area contributed by atoms with Crippen molar-refractivity contribution in [1.29, 1.82) is 0 Å². The maximum atomic E-state index is 13.4. The number of hydrogen-bond donors (Lipinski definition) is 1. The minimum absolute atomic E-state index is 0.0265. The highest BCUT2D eigenvalue weighted by atomic mass is 32.2. The molecule has 1 atom stereocenters. The Morgan fingerprint density at radius 1 is 1.06 bits per heavy atom. The fourth-order valence-electron chi connectivity index (χ4n) is 5.69. The van der Waals surface area contributed by atoms with Crippen LogP contribution in [0.15, 0.2) is 58.4 Å². The summed E-state index contributed by atoms with van der Waals surface area (Å²) in [7, 11) is -3.54. The maximum Gasteiger partial charge on any atom is 0.308 e. The van der Waals surface area contributed by atoms with Gasteiger partial charge < -0.3 is 4.90 Å². The van der Waals surface area contributed by atoms with Gasteiger partial charge >= 0.3 is 4.87 Å². The second kappa shape index (κ2) is 9.16. The zero-order valence-electron chi connectivity index (χ0n) is 19.5. The van der Waals surface area contributed by atoms with Crippen LogP contribution in [0, 0.1) is 0 Å². The second-order valence-corrected chi connectivity index (χ2v) is 12.5. The number of thiazole rings is 1. The first-order valence-corrected chi connectivity index (χ1v) is 14.5. The van der Waals surface area contributed by atoms with E-state index in [9.17, 15) is 13.2 Å². The van der Waals surface area contributed by atoms with Gasteiger partial charge in [0.15, 0.2) is 0 Å². The number of H-pyrrole nitrogens is 1. The number of para-hydroxylation sites is 1.